The predicted molar refractivity (Wildman–Crippen MR) is 113 cm³/mol. The molecule has 142 valence electrons. The highest BCUT2D eigenvalue weighted by Crippen LogP contribution is 2.28. The fraction of sp³-hybridized carbons (Fsp3) is 0.238. The second-order valence-corrected chi connectivity index (χ2v) is 6.24. The third kappa shape index (κ3) is 7.11. The molecule has 0 bridgehead atoms. The Bertz CT molecular complexity index is 806. The second-order valence-electron chi connectivity index (χ2n) is 5.83. The summed E-state index contributed by atoms with van der Waals surface area (Å²) in [7, 11) is 0. The van der Waals surface area contributed by atoms with E-state index in [1.54, 1.807) is 12.3 Å². The van der Waals surface area contributed by atoms with E-state index < -0.39 is 0 Å². The van der Waals surface area contributed by atoms with Crippen molar-refractivity contribution in [1.82, 2.24) is 10.7 Å². The van der Waals surface area contributed by atoms with E-state index in [1.807, 2.05) is 37.3 Å². The lowest BCUT2D eigenvalue weighted by atomic mass is 10.1. The molecular formula is C21H26N3O2S+. The molecule has 0 spiro atoms. The summed E-state index contributed by atoms with van der Waals surface area (Å²) in [5.41, 5.74) is 6.15. The largest absolute Gasteiger partial charge is 0.490 e. The molecule has 0 saturated carbocycles. The second kappa shape index (κ2) is 11.0. The van der Waals surface area contributed by atoms with E-state index in [-0.39, 0.29) is 0 Å². The van der Waals surface area contributed by atoms with Crippen molar-refractivity contribution in [3.05, 3.63) is 71.8 Å². The van der Waals surface area contributed by atoms with Crippen LogP contribution in [0, 0.1) is 6.92 Å². The molecule has 0 fully saturated rings. The number of hydrazine groups is 1. The predicted octanol–water partition coefficient (Wildman–Crippen LogP) is 2.04. The van der Waals surface area contributed by atoms with Crippen LogP contribution in [0.15, 0.2) is 55.1 Å². The van der Waals surface area contributed by atoms with Crippen molar-refractivity contribution in [2.24, 2.45) is 0 Å². The zero-order chi connectivity index (χ0) is 19.5. The van der Waals surface area contributed by atoms with Crippen LogP contribution in [0.2, 0.25) is 0 Å². The first-order valence-electron chi connectivity index (χ1n) is 8.81. The summed E-state index contributed by atoms with van der Waals surface area (Å²) in [4.78, 5) is 0. The zero-order valence-corrected chi connectivity index (χ0v) is 16.6. The summed E-state index contributed by atoms with van der Waals surface area (Å²) in [6, 6.07) is 14.0. The van der Waals surface area contributed by atoms with E-state index in [0.717, 1.165) is 11.1 Å². The van der Waals surface area contributed by atoms with Crippen molar-refractivity contribution in [3.63, 3.8) is 0 Å². The van der Waals surface area contributed by atoms with Crippen molar-refractivity contribution >= 4 is 23.5 Å². The minimum absolute atomic E-state index is 0.494. The Labute approximate surface area is 166 Å². The number of ether oxygens (including phenoxy) is 2. The molecule has 2 aromatic carbocycles. The Morgan fingerprint density at radius 1 is 1.19 bits per heavy atom. The SMILES string of the molecule is C=CCNC(=S)N[NH+]=Cc1ccc(OCc2cccc(C)c2)c(OCC)c1. The first-order chi connectivity index (χ1) is 13.1. The van der Waals surface area contributed by atoms with Crippen LogP contribution < -0.4 is 25.3 Å². The maximum atomic E-state index is 5.96. The number of hydrogen-bond acceptors (Lipinski definition) is 3. The van der Waals surface area contributed by atoms with Gasteiger partial charge in [0.1, 0.15) is 6.61 Å². The molecule has 5 nitrogen and oxygen atoms in total. The zero-order valence-electron chi connectivity index (χ0n) is 15.7. The fourth-order valence-electron chi connectivity index (χ4n) is 2.36. The number of hydrogen-bond donors (Lipinski definition) is 3. The highest BCUT2D eigenvalue weighted by atomic mass is 32.1. The molecule has 0 amide bonds. The first-order valence-corrected chi connectivity index (χ1v) is 9.22. The van der Waals surface area contributed by atoms with Crippen molar-refractivity contribution < 1.29 is 14.6 Å². The lowest BCUT2D eigenvalue weighted by Crippen LogP contribution is -2.82. The van der Waals surface area contributed by atoms with Gasteiger partial charge in [-0.3, -0.25) is 0 Å². The highest BCUT2D eigenvalue weighted by Gasteiger charge is 2.08. The van der Waals surface area contributed by atoms with E-state index in [0.29, 0.717) is 36.4 Å². The molecule has 0 aliphatic heterocycles. The summed E-state index contributed by atoms with van der Waals surface area (Å²) in [5, 5.41) is 6.42. The van der Waals surface area contributed by atoms with Crippen LogP contribution in [0.4, 0.5) is 0 Å². The van der Waals surface area contributed by atoms with Crippen LogP contribution in [0.3, 0.4) is 0 Å². The van der Waals surface area contributed by atoms with Crippen LogP contribution in [0.5, 0.6) is 11.5 Å². The topological polar surface area (TPSA) is 56.5 Å². The lowest BCUT2D eigenvalue weighted by molar-refractivity contribution is -0.500. The average molecular weight is 385 g/mol. The normalized spacial score (nSPS) is 10.4. The van der Waals surface area contributed by atoms with Crippen LogP contribution in [0.1, 0.15) is 23.6 Å². The van der Waals surface area contributed by atoms with Gasteiger partial charge in [0.05, 0.1) is 6.61 Å². The quantitative estimate of drug-likeness (QED) is 0.267. The molecule has 27 heavy (non-hydrogen) atoms. The minimum Gasteiger partial charge on any atom is -0.490 e. The van der Waals surface area contributed by atoms with Gasteiger partial charge >= 0.3 is 0 Å². The van der Waals surface area contributed by atoms with E-state index >= 15 is 0 Å². The van der Waals surface area contributed by atoms with E-state index in [4.69, 9.17) is 21.7 Å². The van der Waals surface area contributed by atoms with Gasteiger partial charge < -0.3 is 14.8 Å². The van der Waals surface area contributed by atoms with Crippen LogP contribution in [0.25, 0.3) is 0 Å². The fourth-order valence-corrected chi connectivity index (χ4v) is 2.50. The third-order valence-electron chi connectivity index (χ3n) is 3.58. The van der Waals surface area contributed by atoms with Gasteiger partial charge in [-0.05, 0) is 49.8 Å². The lowest BCUT2D eigenvalue weighted by Gasteiger charge is -2.12. The summed E-state index contributed by atoms with van der Waals surface area (Å²) in [5.74, 6) is 1.42. The number of nitrogens with one attached hydrogen (secondary N) is 3. The van der Waals surface area contributed by atoms with Crippen molar-refractivity contribution in [2.45, 2.75) is 20.5 Å². The Morgan fingerprint density at radius 2 is 2.04 bits per heavy atom. The number of aryl methyl sites for hydroxylation is 1. The van der Waals surface area contributed by atoms with E-state index in [1.165, 1.54) is 5.56 Å². The molecular weight excluding hydrogens is 358 g/mol. The maximum absolute atomic E-state index is 5.96. The summed E-state index contributed by atoms with van der Waals surface area (Å²) in [6.45, 7) is 9.31. The number of thiocarbonyl (C=S) groups is 1. The molecule has 2 aromatic rings. The average Bonchev–Trinajstić information content (AvgIpc) is 2.66. The summed E-state index contributed by atoms with van der Waals surface area (Å²) < 4.78 is 11.7. The molecule has 0 atom stereocenters. The summed E-state index contributed by atoms with van der Waals surface area (Å²) >= 11 is 5.12. The minimum atomic E-state index is 0.494. The van der Waals surface area contributed by atoms with E-state index in [9.17, 15) is 0 Å². The molecule has 0 radical (unpaired) electrons. The van der Waals surface area contributed by atoms with Gasteiger partial charge in [0, 0.05) is 12.1 Å². The smallest absolute Gasteiger partial charge is 0.224 e. The molecule has 0 aliphatic rings. The highest BCUT2D eigenvalue weighted by molar-refractivity contribution is 7.80. The first kappa shape index (κ1) is 20.5. The van der Waals surface area contributed by atoms with Crippen LogP contribution in [-0.2, 0) is 6.61 Å². The molecule has 0 heterocycles. The van der Waals surface area contributed by atoms with Crippen LogP contribution in [-0.4, -0.2) is 24.5 Å². The number of rotatable bonds is 9. The van der Waals surface area contributed by atoms with Gasteiger partial charge in [-0.2, -0.15) is 0 Å². The Morgan fingerprint density at radius 3 is 2.78 bits per heavy atom. The molecule has 0 saturated heterocycles. The van der Waals surface area contributed by atoms with Gasteiger partial charge in [-0.15, -0.1) is 17.1 Å². The number of benzene rings is 2. The molecule has 0 unspecified atom stereocenters. The maximum Gasteiger partial charge on any atom is 0.224 e. The van der Waals surface area contributed by atoms with E-state index in [2.05, 4.69) is 41.5 Å². The van der Waals surface area contributed by atoms with Gasteiger partial charge in [0.15, 0.2) is 17.7 Å². The van der Waals surface area contributed by atoms with Gasteiger partial charge in [0.25, 0.3) is 0 Å². The molecule has 6 heteroatoms. The monoisotopic (exact) mass is 384 g/mol. The number of hydrazone groups is 1. The van der Waals surface area contributed by atoms with Crippen molar-refractivity contribution in [2.75, 3.05) is 13.2 Å². The molecule has 2 rings (SSSR count). The van der Waals surface area contributed by atoms with Crippen LogP contribution >= 0.6 is 12.2 Å². The summed E-state index contributed by atoms with van der Waals surface area (Å²) in [6.07, 6.45) is 3.54. The third-order valence-corrected chi connectivity index (χ3v) is 3.82. The van der Waals surface area contributed by atoms with Gasteiger partial charge in [-0.25, -0.2) is 0 Å². The standard InChI is InChI=1S/C21H25N3O2S/c1-4-11-22-21(27)24-23-14-17-9-10-19(20(13-17)25-5-2)26-15-18-8-6-7-16(3)12-18/h4,6-10,12-14H,1,5,11,15H2,2-3H3,(H2,22,24,27)/p+1. The Hall–Kier alpha value is -2.86. The Balaban J connectivity index is 2.02. The Kier molecular flexibility index (Phi) is 8.32. The van der Waals surface area contributed by atoms with Crippen molar-refractivity contribution in [1.29, 1.82) is 0 Å². The van der Waals surface area contributed by atoms with Gasteiger partial charge in [0.2, 0.25) is 5.11 Å². The molecule has 0 aliphatic carbocycles. The van der Waals surface area contributed by atoms with Crippen molar-refractivity contribution in [3.8, 4) is 11.5 Å². The molecule has 3 N–H and O–H groups in total. The molecule has 0 aromatic heterocycles. The van der Waals surface area contributed by atoms with Gasteiger partial charge in [-0.1, -0.05) is 35.9 Å².